The number of carbonyl (C=O) groups is 1. The van der Waals surface area contributed by atoms with Crippen LogP contribution in [0.3, 0.4) is 0 Å². The Labute approximate surface area is 100 Å². The zero-order valence-corrected chi connectivity index (χ0v) is 10.1. The molecule has 76 valence electrons. The Balaban J connectivity index is 2.09. The van der Waals surface area contributed by atoms with E-state index in [-0.39, 0.29) is 5.91 Å². The quantitative estimate of drug-likeness (QED) is 0.892. The molecule has 0 saturated carbocycles. The molecule has 0 fully saturated rings. The first-order valence-electron chi connectivity index (χ1n) is 4.35. The average Bonchev–Trinajstić information content (AvgIpc) is 2.74. The van der Waals surface area contributed by atoms with Crippen LogP contribution in [0.25, 0.3) is 0 Å². The summed E-state index contributed by atoms with van der Waals surface area (Å²) in [6, 6.07) is 9.30. The van der Waals surface area contributed by atoms with Crippen LogP contribution in [0.1, 0.15) is 10.4 Å². The number of thiophene rings is 1. The van der Waals surface area contributed by atoms with Crippen LogP contribution in [-0.2, 0) is 0 Å². The highest BCUT2D eigenvalue weighted by Gasteiger charge is 2.05. The number of nitrogens with one attached hydrogen (secondary N) is 1. The van der Waals surface area contributed by atoms with E-state index in [0.717, 1.165) is 10.2 Å². The molecule has 2 nitrogen and oxygen atoms in total. The van der Waals surface area contributed by atoms with Crippen LogP contribution in [0.4, 0.5) is 5.69 Å². The molecule has 0 aliphatic rings. The van der Waals surface area contributed by atoms with Gasteiger partial charge in [0.15, 0.2) is 0 Å². The average molecular weight is 282 g/mol. The van der Waals surface area contributed by atoms with E-state index < -0.39 is 0 Å². The number of benzene rings is 1. The summed E-state index contributed by atoms with van der Waals surface area (Å²) in [6.45, 7) is 0. The Hall–Kier alpha value is -1.13. The third kappa shape index (κ3) is 2.67. The zero-order chi connectivity index (χ0) is 10.7. The van der Waals surface area contributed by atoms with E-state index in [4.69, 9.17) is 0 Å². The second-order valence-corrected chi connectivity index (χ2v) is 4.67. The summed E-state index contributed by atoms with van der Waals surface area (Å²) < 4.78 is 0.996. The van der Waals surface area contributed by atoms with Crippen molar-refractivity contribution in [2.24, 2.45) is 0 Å². The highest BCUT2D eigenvalue weighted by Crippen LogP contribution is 2.15. The molecule has 0 bridgehead atoms. The molecule has 15 heavy (non-hydrogen) atoms. The van der Waals surface area contributed by atoms with Crippen molar-refractivity contribution < 1.29 is 4.79 Å². The Morgan fingerprint density at radius 3 is 2.53 bits per heavy atom. The van der Waals surface area contributed by atoms with Gasteiger partial charge in [0.2, 0.25) is 0 Å². The molecule has 2 rings (SSSR count). The summed E-state index contributed by atoms with van der Waals surface area (Å²) >= 11 is 4.85. The van der Waals surface area contributed by atoms with Gasteiger partial charge in [-0.15, -0.1) is 0 Å². The van der Waals surface area contributed by atoms with Gasteiger partial charge in [-0.1, -0.05) is 15.9 Å². The topological polar surface area (TPSA) is 29.1 Å². The van der Waals surface area contributed by atoms with E-state index in [1.807, 2.05) is 35.0 Å². The fourth-order valence-electron chi connectivity index (χ4n) is 1.13. The summed E-state index contributed by atoms with van der Waals surface area (Å²) in [5.41, 5.74) is 1.50. The molecule has 1 amide bonds. The van der Waals surface area contributed by atoms with Crippen LogP contribution in [0.15, 0.2) is 45.6 Å². The number of anilines is 1. The number of halogens is 1. The number of rotatable bonds is 2. The van der Waals surface area contributed by atoms with E-state index in [0.29, 0.717) is 5.56 Å². The van der Waals surface area contributed by atoms with Crippen molar-refractivity contribution in [2.45, 2.75) is 0 Å². The molecule has 0 saturated heterocycles. The monoisotopic (exact) mass is 281 g/mol. The van der Waals surface area contributed by atoms with Gasteiger partial charge < -0.3 is 5.32 Å². The minimum absolute atomic E-state index is 0.0708. The van der Waals surface area contributed by atoms with E-state index in [9.17, 15) is 4.79 Å². The van der Waals surface area contributed by atoms with Crippen molar-refractivity contribution in [1.29, 1.82) is 0 Å². The SMILES string of the molecule is O=C(Nc1ccc(Br)cc1)c1ccsc1. The molecule has 0 spiro atoms. The van der Waals surface area contributed by atoms with Crippen molar-refractivity contribution in [1.82, 2.24) is 0 Å². The largest absolute Gasteiger partial charge is 0.322 e. The second kappa shape index (κ2) is 4.59. The highest BCUT2D eigenvalue weighted by molar-refractivity contribution is 9.10. The van der Waals surface area contributed by atoms with Crippen molar-refractivity contribution in [3.63, 3.8) is 0 Å². The first-order chi connectivity index (χ1) is 7.25. The summed E-state index contributed by atoms with van der Waals surface area (Å²) in [6.07, 6.45) is 0. The van der Waals surface area contributed by atoms with Gasteiger partial charge in [-0.2, -0.15) is 11.3 Å². The Morgan fingerprint density at radius 2 is 1.93 bits per heavy atom. The van der Waals surface area contributed by atoms with Crippen molar-refractivity contribution >= 4 is 38.9 Å². The molecular formula is C11H8BrNOS. The third-order valence-corrected chi connectivity index (χ3v) is 3.10. The highest BCUT2D eigenvalue weighted by atomic mass is 79.9. The normalized spacial score (nSPS) is 9.93. The van der Waals surface area contributed by atoms with Crippen molar-refractivity contribution in [3.05, 3.63) is 51.1 Å². The van der Waals surface area contributed by atoms with E-state index in [1.165, 1.54) is 11.3 Å². The first kappa shape index (κ1) is 10.4. The number of hydrogen-bond donors (Lipinski definition) is 1. The second-order valence-electron chi connectivity index (χ2n) is 2.97. The predicted molar refractivity (Wildman–Crippen MR) is 66.4 cm³/mol. The van der Waals surface area contributed by atoms with Crippen LogP contribution in [0.2, 0.25) is 0 Å². The molecule has 0 aliphatic heterocycles. The van der Waals surface area contributed by atoms with Crippen LogP contribution < -0.4 is 5.32 Å². The maximum atomic E-state index is 11.6. The van der Waals surface area contributed by atoms with Gasteiger partial charge in [-0.25, -0.2) is 0 Å². The zero-order valence-electron chi connectivity index (χ0n) is 7.74. The molecule has 0 aliphatic carbocycles. The van der Waals surface area contributed by atoms with Crippen LogP contribution in [-0.4, -0.2) is 5.91 Å². The fraction of sp³-hybridized carbons (Fsp3) is 0. The summed E-state index contributed by atoms with van der Waals surface area (Å²) in [5.74, 6) is -0.0708. The van der Waals surface area contributed by atoms with Crippen LogP contribution in [0.5, 0.6) is 0 Å². The molecule has 1 N–H and O–H groups in total. The van der Waals surface area contributed by atoms with Gasteiger partial charge in [0, 0.05) is 15.5 Å². The molecular weight excluding hydrogens is 274 g/mol. The maximum Gasteiger partial charge on any atom is 0.256 e. The lowest BCUT2D eigenvalue weighted by Crippen LogP contribution is -2.10. The first-order valence-corrected chi connectivity index (χ1v) is 6.08. The Bertz CT molecular complexity index is 450. The molecule has 2 aromatic rings. The summed E-state index contributed by atoms with van der Waals surface area (Å²) in [7, 11) is 0. The number of hydrogen-bond acceptors (Lipinski definition) is 2. The number of amides is 1. The molecule has 1 heterocycles. The lowest BCUT2D eigenvalue weighted by molar-refractivity contribution is 0.102. The molecule has 0 atom stereocenters. The third-order valence-electron chi connectivity index (χ3n) is 1.89. The van der Waals surface area contributed by atoms with E-state index in [2.05, 4.69) is 21.2 Å². The van der Waals surface area contributed by atoms with Crippen LogP contribution in [0, 0.1) is 0 Å². The van der Waals surface area contributed by atoms with Crippen LogP contribution >= 0.6 is 27.3 Å². The molecule has 1 aromatic carbocycles. The minimum atomic E-state index is -0.0708. The van der Waals surface area contributed by atoms with Gasteiger partial charge in [0.1, 0.15) is 0 Å². The van der Waals surface area contributed by atoms with Crippen molar-refractivity contribution in [3.8, 4) is 0 Å². The number of carbonyl (C=O) groups excluding carboxylic acids is 1. The lowest BCUT2D eigenvalue weighted by atomic mass is 10.3. The Kier molecular flexibility index (Phi) is 3.18. The van der Waals surface area contributed by atoms with Crippen molar-refractivity contribution in [2.75, 3.05) is 5.32 Å². The van der Waals surface area contributed by atoms with Gasteiger partial charge in [-0.05, 0) is 35.7 Å². The molecule has 1 aromatic heterocycles. The van der Waals surface area contributed by atoms with Gasteiger partial charge in [-0.3, -0.25) is 4.79 Å². The van der Waals surface area contributed by atoms with E-state index in [1.54, 1.807) is 6.07 Å². The van der Waals surface area contributed by atoms with Gasteiger partial charge in [0.05, 0.1) is 5.56 Å². The van der Waals surface area contributed by atoms with E-state index >= 15 is 0 Å². The van der Waals surface area contributed by atoms with Gasteiger partial charge in [0.25, 0.3) is 5.91 Å². The minimum Gasteiger partial charge on any atom is -0.322 e. The standard InChI is InChI=1S/C11H8BrNOS/c12-9-1-3-10(4-2-9)13-11(14)8-5-6-15-7-8/h1-7H,(H,13,14). The smallest absolute Gasteiger partial charge is 0.256 e. The molecule has 0 unspecified atom stereocenters. The predicted octanol–water partition coefficient (Wildman–Crippen LogP) is 3.76. The van der Waals surface area contributed by atoms with Gasteiger partial charge >= 0.3 is 0 Å². The molecule has 4 heteroatoms. The fourth-order valence-corrected chi connectivity index (χ4v) is 2.03. The molecule has 0 radical (unpaired) electrons. The Morgan fingerprint density at radius 1 is 1.20 bits per heavy atom. The maximum absolute atomic E-state index is 11.6. The summed E-state index contributed by atoms with van der Waals surface area (Å²) in [4.78, 5) is 11.6. The lowest BCUT2D eigenvalue weighted by Gasteiger charge is -2.03. The summed E-state index contributed by atoms with van der Waals surface area (Å²) in [5, 5.41) is 6.53.